The van der Waals surface area contributed by atoms with E-state index in [0.29, 0.717) is 5.39 Å². The fourth-order valence-electron chi connectivity index (χ4n) is 1.37. The molecule has 0 N–H and O–H groups in total. The van der Waals surface area contributed by atoms with E-state index in [0.717, 1.165) is 6.07 Å². The summed E-state index contributed by atoms with van der Waals surface area (Å²) >= 11 is 0. The third-order valence-electron chi connectivity index (χ3n) is 1.99. The SMILES string of the molecule is CC.CC.FC(F)(F)c1cccc2cnccc12. The van der Waals surface area contributed by atoms with E-state index in [4.69, 9.17) is 0 Å². The van der Waals surface area contributed by atoms with Gasteiger partial charge < -0.3 is 0 Å². The molecule has 0 aliphatic carbocycles. The van der Waals surface area contributed by atoms with Crippen molar-refractivity contribution < 1.29 is 13.2 Å². The minimum atomic E-state index is -4.30. The van der Waals surface area contributed by atoms with Crippen molar-refractivity contribution >= 4 is 10.8 Å². The van der Waals surface area contributed by atoms with Gasteiger partial charge in [0.05, 0.1) is 5.56 Å². The first-order valence-electron chi connectivity index (χ1n) is 5.99. The molecular formula is C14H18F3N. The molecule has 0 atom stereocenters. The lowest BCUT2D eigenvalue weighted by molar-refractivity contribution is -0.136. The normalized spacial score (nSPS) is 9.94. The molecule has 0 saturated heterocycles. The van der Waals surface area contributed by atoms with Gasteiger partial charge in [0, 0.05) is 17.8 Å². The second-order valence-corrected chi connectivity index (χ2v) is 2.90. The maximum absolute atomic E-state index is 12.5. The van der Waals surface area contributed by atoms with Crippen molar-refractivity contribution in [2.45, 2.75) is 33.9 Å². The number of halogens is 3. The number of hydrogen-bond acceptors (Lipinski definition) is 1. The van der Waals surface area contributed by atoms with E-state index in [1.54, 1.807) is 6.07 Å². The first kappa shape index (κ1) is 16.4. The van der Waals surface area contributed by atoms with Crippen LogP contribution >= 0.6 is 0 Å². The zero-order chi connectivity index (χ0) is 14.2. The summed E-state index contributed by atoms with van der Waals surface area (Å²) < 4.78 is 37.5. The molecule has 2 aromatic rings. The summed E-state index contributed by atoms with van der Waals surface area (Å²) in [6.07, 6.45) is -1.52. The third-order valence-corrected chi connectivity index (χ3v) is 1.99. The Kier molecular flexibility index (Phi) is 7.01. The fraction of sp³-hybridized carbons (Fsp3) is 0.357. The second-order valence-electron chi connectivity index (χ2n) is 2.90. The lowest BCUT2D eigenvalue weighted by atomic mass is 10.1. The molecular weight excluding hydrogens is 239 g/mol. The highest BCUT2D eigenvalue weighted by Gasteiger charge is 2.32. The van der Waals surface area contributed by atoms with Crippen LogP contribution in [-0.4, -0.2) is 4.98 Å². The Morgan fingerprint density at radius 1 is 0.944 bits per heavy atom. The highest BCUT2D eigenvalue weighted by atomic mass is 19.4. The molecule has 0 amide bonds. The molecule has 0 aliphatic rings. The monoisotopic (exact) mass is 257 g/mol. The summed E-state index contributed by atoms with van der Waals surface area (Å²) in [4.78, 5) is 3.77. The molecule has 1 aromatic carbocycles. The molecule has 0 fully saturated rings. The second kappa shape index (κ2) is 7.69. The van der Waals surface area contributed by atoms with Crippen LogP contribution in [0.5, 0.6) is 0 Å². The van der Waals surface area contributed by atoms with E-state index in [9.17, 15) is 13.2 Å². The standard InChI is InChI=1S/C10H6F3N.2C2H6/c11-10(12,13)9-3-1-2-7-6-14-5-4-8(7)9;2*1-2/h1-6H;2*1-2H3. The molecule has 0 saturated carbocycles. The van der Waals surface area contributed by atoms with Crippen molar-refractivity contribution in [1.82, 2.24) is 4.98 Å². The van der Waals surface area contributed by atoms with Crippen molar-refractivity contribution in [2.75, 3.05) is 0 Å². The van der Waals surface area contributed by atoms with Crippen LogP contribution in [0, 0.1) is 0 Å². The van der Waals surface area contributed by atoms with Gasteiger partial charge in [-0.2, -0.15) is 13.2 Å². The Bertz CT molecular complexity index is 459. The molecule has 0 radical (unpaired) electrons. The number of fused-ring (bicyclic) bond motifs is 1. The molecule has 0 bridgehead atoms. The maximum atomic E-state index is 12.5. The quantitative estimate of drug-likeness (QED) is 0.623. The number of benzene rings is 1. The molecule has 0 aliphatic heterocycles. The largest absolute Gasteiger partial charge is 0.417 e. The predicted molar refractivity (Wildman–Crippen MR) is 69.4 cm³/mol. The van der Waals surface area contributed by atoms with Gasteiger partial charge in [0.25, 0.3) is 0 Å². The summed E-state index contributed by atoms with van der Waals surface area (Å²) in [6.45, 7) is 8.00. The highest BCUT2D eigenvalue weighted by Crippen LogP contribution is 2.34. The van der Waals surface area contributed by atoms with Gasteiger partial charge in [0.2, 0.25) is 0 Å². The minimum absolute atomic E-state index is 0.190. The van der Waals surface area contributed by atoms with Crippen LogP contribution < -0.4 is 0 Å². The fourth-order valence-corrected chi connectivity index (χ4v) is 1.37. The molecule has 1 nitrogen and oxygen atoms in total. The van der Waals surface area contributed by atoms with Crippen LogP contribution in [0.15, 0.2) is 36.7 Å². The van der Waals surface area contributed by atoms with Crippen molar-refractivity contribution in [3.8, 4) is 0 Å². The van der Waals surface area contributed by atoms with Crippen molar-refractivity contribution in [1.29, 1.82) is 0 Å². The van der Waals surface area contributed by atoms with E-state index in [-0.39, 0.29) is 5.39 Å². The summed E-state index contributed by atoms with van der Waals surface area (Å²) in [5.74, 6) is 0. The van der Waals surface area contributed by atoms with Gasteiger partial charge in [-0.3, -0.25) is 4.98 Å². The van der Waals surface area contributed by atoms with Gasteiger partial charge in [-0.15, -0.1) is 0 Å². The van der Waals surface area contributed by atoms with E-state index >= 15 is 0 Å². The molecule has 4 heteroatoms. The van der Waals surface area contributed by atoms with Gasteiger partial charge in [-0.25, -0.2) is 0 Å². The van der Waals surface area contributed by atoms with Gasteiger partial charge in [0.1, 0.15) is 0 Å². The first-order chi connectivity index (χ1) is 8.59. The average molecular weight is 257 g/mol. The molecule has 100 valence electrons. The first-order valence-corrected chi connectivity index (χ1v) is 5.99. The third kappa shape index (κ3) is 4.02. The number of aromatic nitrogens is 1. The Labute approximate surface area is 106 Å². The van der Waals surface area contributed by atoms with Gasteiger partial charge >= 0.3 is 6.18 Å². The van der Waals surface area contributed by atoms with Crippen LogP contribution in [0.25, 0.3) is 10.8 Å². The van der Waals surface area contributed by atoms with E-state index < -0.39 is 11.7 Å². The Hall–Kier alpha value is -1.58. The number of rotatable bonds is 0. The molecule has 0 unspecified atom stereocenters. The number of alkyl halides is 3. The van der Waals surface area contributed by atoms with E-state index in [1.807, 2.05) is 27.7 Å². The van der Waals surface area contributed by atoms with Crippen LogP contribution in [-0.2, 0) is 6.18 Å². The van der Waals surface area contributed by atoms with Crippen molar-refractivity contribution in [3.63, 3.8) is 0 Å². The summed E-state index contributed by atoms with van der Waals surface area (Å²) in [5.41, 5.74) is -0.614. The zero-order valence-electron chi connectivity index (χ0n) is 11.0. The molecule has 2 rings (SSSR count). The molecule has 1 heterocycles. The van der Waals surface area contributed by atoms with Crippen LogP contribution in [0.4, 0.5) is 13.2 Å². The number of hydrogen-bond donors (Lipinski definition) is 0. The minimum Gasteiger partial charge on any atom is -0.264 e. The van der Waals surface area contributed by atoms with Crippen LogP contribution in [0.1, 0.15) is 33.3 Å². The highest BCUT2D eigenvalue weighted by molar-refractivity contribution is 5.85. The lowest BCUT2D eigenvalue weighted by Gasteiger charge is -2.09. The predicted octanol–water partition coefficient (Wildman–Crippen LogP) is 5.31. The average Bonchev–Trinajstić information content (AvgIpc) is 2.41. The maximum Gasteiger partial charge on any atom is 0.417 e. The summed E-state index contributed by atoms with van der Waals surface area (Å²) in [7, 11) is 0. The zero-order valence-corrected chi connectivity index (χ0v) is 11.0. The Morgan fingerprint density at radius 3 is 2.11 bits per heavy atom. The van der Waals surface area contributed by atoms with Crippen LogP contribution in [0.3, 0.4) is 0 Å². The van der Waals surface area contributed by atoms with Gasteiger partial charge in [-0.1, -0.05) is 39.8 Å². The molecule has 0 spiro atoms. The van der Waals surface area contributed by atoms with Gasteiger partial charge in [0.15, 0.2) is 0 Å². The van der Waals surface area contributed by atoms with E-state index in [1.165, 1.54) is 24.5 Å². The summed E-state index contributed by atoms with van der Waals surface area (Å²) in [6, 6.07) is 5.44. The lowest BCUT2D eigenvalue weighted by Crippen LogP contribution is -2.05. The van der Waals surface area contributed by atoms with E-state index in [2.05, 4.69) is 4.98 Å². The van der Waals surface area contributed by atoms with Crippen LogP contribution in [0.2, 0.25) is 0 Å². The number of pyridine rings is 1. The Morgan fingerprint density at radius 2 is 1.56 bits per heavy atom. The van der Waals surface area contributed by atoms with Crippen molar-refractivity contribution in [3.05, 3.63) is 42.2 Å². The molecule has 18 heavy (non-hydrogen) atoms. The Balaban J connectivity index is 0.000000659. The van der Waals surface area contributed by atoms with Gasteiger partial charge in [-0.05, 0) is 17.5 Å². The van der Waals surface area contributed by atoms with Crippen molar-refractivity contribution in [2.24, 2.45) is 0 Å². The number of nitrogens with zero attached hydrogens (tertiary/aromatic N) is 1. The smallest absolute Gasteiger partial charge is 0.264 e. The topological polar surface area (TPSA) is 12.9 Å². The molecule has 1 aromatic heterocycles. The summed E-state index contributed by atoms with van der Waals surface area (Å²) in [5, 5.41) is 0.692.